The largest absolute Gasteiger partial charge is 0.364 e. The first-order valence-corrected chi connectivity index (χ1v) is 11.8. The molecule has 2 aromatic rings. The van der Waals surface area contributed by atoms with Crippen LogP contribution in [0.25, 0.3) is 0 Å². The number of nitrogens with zero attached hydrogens (tertiary/aromatic N) is 4. The molecule has 0 aliphatic carbocycles. The average Bonchev–Trinajstić information content (AvgIpc) is 3.05. The maximum atomic E-state index is 12.9. The Hall–Kier alpha value is -2.98. The number of rotatable bonds is 4. The summed E-state index contributed by atoms with van der Waals surface area (Å²) in [6, 6.07) is 8.43. The zero-order chi connectivity index (χ0) is 22.5. The lowest BCUT2D eigenvalue weighted by Gasteiger charge is -2.24. The molecule has 2 fully saturated rings. The van der Waals surface area contributed by atoms with Crippen molar-refractivity contribution >= 4 is 34.5 Å². The Kier molecular flexibility index (Phi) is 7.01. The molecule has 0 saturated carbocycles. The van der Waals surface area contributed by atoms with E-state index >= 15 is 0 Å². The zero-order valence-electron chi connectivity index (χ0n) is 17.9. The number of carbonyl (C=O) groups excluding carboxylic acids is 2. The van der Waals surface area contributed by atoms with Gasteiger partial charge in [-0.3, -0.25) is 19.7 Å². The molecule has 10 heteroatoms. The summed E-state index contributed by atoms with van der Waals surface area (Å²) < 4.78 is 0. The zero-order valence-corrected chi connectivity index (χ0v) is 18.7. The van der Waals surface area contributed by atoms with Crippen molar-refractivity contribution in [2.75, 3.05) is 57.3 Å². The number of benzene rings is 1. The minimum Gasteiger partial charge on any atom is -0.364 e. The summed E-state index contributed by atoms with van der Waals surface area (Å²) in [7, 11) is 0. The molecule has 2 amide bonds. The molecule has 170 valence electrons. The number of hydrogen-bond donors (Lipinski definition) is 1. The number of nitro benzene ring substituents is 1. The van der Waals surface area contributed by atoms with Crippen molar-refractivity contribution in [2.24, 2.45) is 0 Å². The molecule has 0 radical (unpaired) electrons. The number of hydrogen-bond acceptors (Lipinski definition) is 7. The minimum atomic E-state index is -0.421. The van der Waals surface area contributed by atoms with Crippen molar-refractivity contribution in [1.29, 1.82) is 0 Å². The summed E-state index contributed by atoms with van der Waals surface area (Å²) in [5, 5.41) is 17.0. The molecule has 0 atom stereocenters. The molecular weight excluding hydrogens is 430 g/mol. The first-order chi connectivity index (χ1) is 15.5. The van der Waals surface area contributed by atoms with E-state index in [2.05, 4.69) is 5.32 Å². The molecule has 1 N–H and O–H groups in total. The predicted octanol–water partition coefficient (Wildman–Crippen LogP) is 2.44. The van der Waals surface area contributed by atoms with Crippen LogP contribution in [0.15, 0.2) is 35.7 Å². The van der Waals surface area contributed by atoms with E-state index in [1.54, 1.807) is 17.0 Å². The van der Waals surface area contributed by atoms with Crippen LogP contribution in [0.3, 0.4) is 0 Å². The third-order valence-corrected chi connectivity index (χ3v) is 6.76. The highest BCUT2D eigenvalue weighted by molar-refractivity contribution is 7.12. The molecule has 0 bridgehead atoms. The van der Waals surface area contributed by atoms with Crippen molar-refractivity contribution < 1.29 is 14.5 Å². The smallest absolute Gasteiger partial charge is 0.293 e. The molecule has 9 nitrogen and oxygen atoms in total. The van der Waals surface area contributed by atoms with Crippen molar-refractivity contribution in [2.45, 2.75) is 12.8 Å². The number of anilines is 1. The SMILES string of the molecule is O=C(c1ccc(N2CCCN(C(=O)c3cccs3)CC2)c([N+](=O)[O-])c1)N1CCCNCC1. The molecule has 4 rings (SSSR count). The monoisotopic (exact) mass is 457 g/mol. The number of thiophene rings is 1. The van der Waals surface area contributed by atoms with Crippen molar-refractivity contribution in [3.63, 3.8) is 0 Å². The van der Waals surface area contributed by atoms with Gasteiger partial charge in [0.2, 0.25) is 0 Å². The van der Waals surface area contributed by atoms with Crippen molar-refractivity contribution in [3.05, 3.63) is 56.3 Å². The molecule has 0 spiro atoms. The molecular formula is C22H27N5O4S. The van der Waals surface area contributed by atoms with Crippen LogP contribution >= 0.6 is 11.3 Å². The third-order valence-electron chi connectivity index (χ3n) is 5.90. The van der Waals surface area contributed by atoms with Crippen molar-refractivity contribution in [3.8, 4) is 0 Å². The molecule has 0 unspecified atom stereocenters. The molecule has 2 aliphatic rings. The van der Waals surface area contributed by atoms with E-state index in [1.807, 2.05) is 27.3 Å². The van der Waals surface area contributed by atoms with E-state index in [4.69, 9.17) is 0 Å². The second-order valence-electron chi connectivity index (χ2n) is 7.97. The number of nitro groups is 1. The van der Waals surface area contributed by atoms with Gasteiger partial charge in [-0.1, -0.05) is 6.07 Å². The minimum absolute atomic E-state index is 0.00392. The van der Waals surface area contributed by atoms with Gasteiger partial charge in [0.25, 0.3) is 17.5 Å². The van der Waals surface area contributed by atoms with E-state index in [1.165, 1.54) is 17.4 Å². The highest BCUT2D eigenvalue weighted by Crippen LogP contribution is 2.31. The van der Waals surface area contributed by atoms with Crippen LogP contribution in [0.4, 0.5) is 11.4 Å². The maximum absolute atomic E-state index is 12.9. The lowest BCUT2D eigenvalue weighted by Crippen LogP contribution is -2.35. The lowest BCUT2D eigenvalue weighted by atomic mass is 10.1. The van der Waals surface area contributed by atoms with Crippen molar-refractivity contribution in [1.82, 2.24) is 15.1 Å². The van der Waals surface area contributed by atoms with E-state index < -0.39 is 4.92 Å². The molecule has 2 aliphatic heterocycles. The first kappa shape index (κ1) is 22.2. The van der Waals surface area contributed by atoms with Gasteiger partial charge in [-0.05, 0) is 43.0 Å². The molecule has 3 heterocycles. The second kappa shape index (κ2) is 10.1. The molecule has 32 heavy (non-hydrogen) atoms. The van der Waals surface area contributed by atoms with Gasteiger partial charge in [-0.15, -0.1) is 11.3 Å². The third kappa shape index (κ3) is 4.91. The van der Waals surface area contributed by atoms with Gasteiger partial charge in [-0.2, -0.15) is 0 Å². The van der Waals surface area contributed by atoms with Gasteiger partial charge in [0.1, 0.15) is 5.69 Å². The van der Waals surface area contributed by atoms with Gasteiger partial charge in [0, 0.05) is 57.4 Å². The maximum Gasteiger partial charge on any atom is 0.293 e. The van der Waals surface area contributed by atoms with E-state index in [-0.39, 0.29) is 17.5 Å². The Labute approximate surface area is 190 Å². The van der Waals surface area contributed by atoms with E-state index in [0.717, 1.165) is 25.9 Å². The predicted molar refractivity (Wildman–Crippen MR) is 124 cm³/mol. The van der Waals surface area contributed by atoms with Crippen LogP contribution < -0.4 is 10.2 Å². The van der Waals surface area contributed by atoms with Crippen LogP contribution in [0, 0.1) is 10.1 Å². The molecule has 2 saturated heterocycles. The summed E-state index contributed by atoms with van der Waals surface area (Å²) in [5.41, 5.74) is 0.767. The molecule has 1 aromatic carbocycles. The number of carbonyl (C=O) groups is 2. The quantitative estimate of drug-likeness (QED) is 0.559. The average molecular weight is 458 g/mol. The standard InChI is InChI=1S/C22H27N5O4S/c28-21(25-9-2-7-23-8-12-25)17-5-6-18(19(16-17)27(30)31)24-10-3-11-26(14-13-24)22(29)20-4-1-15-32-20/h1,4-6,15-16,23H,2-3,7-14H2. The highest BCUT2D eigenvalue weighted by Gasteiger charge is 2.27. The number of amides is 2. The Morgan fingerprint density at radius 1 is 0.938 bits per heavy atom. The van der Waals surface area contributed by atoms with Crippen LogP contribution in [0.1, 0.15) is 32.9 Å². The second-order valence-corrected chi connectivity index (χ2v) is 8.91. The van der Waals surface area contributed by atoms with Crippen LogP contribution in [-0.4, -0.2) is 78.9 Å². The van der Waals surface area contributed by atoms with Gasteiger partial charge < -0.3 is 20.0 Å². The van der Waals surface area contributed by atoms with E-state index in [9.17, 15) is 19.7 Å². The summed E-state index contributed by atoms with van der Waals surface area (Å²) in [6.07, 6.45) is 1.58. The fraction of sp³-hybridized carbons (Fsp3) is 0.455. The Morgan fingerprint density at radius 3 is 2.53 bits per heavy atom. The molecule has 1 aromatic heterocycles. The first-order valence-electron chi connectivity index (χ1n) is 10.9. The summed E-state index contributed by atoms with van der Waals surface area (Å²) in [4.78, 5) is 43.3. The van der Waals surface area contributed by atoms with Crippen LogP contribution in [-0.2, 0) is 0 Å². The lowest BCUT2D eigenvalue weighted by molar-refractivity contribution is -0.384. The Bertz CT molecular complexity index is 973. The Balaban J connectivity index is 1.51. The van der Waals surface area contributed by atoms with E-state index in [0.29, 0.717) is 55.4 Å². The normalized spacial score (nSPS) is 17.6. The summed E-state index contributed by atoms with van der Waals surface area (Å²) in [6.45, 7) is 5.04. The summed E-state index contributed by atoms with van der Waals surface area (Å²) >= 11 is 1.42. The number of nitrogens with one attached hydrogen (secondary N) is 1. The van der Waals surface area contributed by atoms with Gasteiger partial charge in [-0.25, -0.2) is 0 Å². The van der Waals surface area contributed by atoms with Crippen LogP contribution in [0.2, 0.25) is 0 Å². The van der Waals surface area contributed by atoms with Gasteiger partial charge in [0.15, 0.2) is 0 Å². The fourth-order valence-corrected chi connectivity index (χ4v) is 4.91. The van der Waals surface area contributed by atoms with Gasteiger partial charge >= 0.3 is 0 Å². The highest BCUT2D eigenvalue weighted by atomic mass is 32.1. The van der Waals surface area contributed by atoms with Gasteiger partial charge in [0.05, 0.1) is 9.80 Å². The Morgan fingerprint density at radius 2 is 1.75 bits per heavy atom. The fourth-order valence-electron chi connectivity index (χ4n) is 4.22. The van der Waals surface area contributed by atoms with Crippen LogP contribution in [0.5, 0.6) is 0 Å². The summed E-state index contributed by atoms with van der Waals surface area (Å²) in [5.74, 6) is -0.170. The topological polar surface area (TPSA) is 99.0 Å².